The molecule has 1 atom stereocenters. The van der Waals surface area contributed by atoms with E-state index in [1.165, 1.54) is 18.9 Å². The minimum absolute atomic E-state index is 0.482. The standard InChI is InChI=1S/C14H16INS/c1-3-12(16-2)14-9-8-13(17-14)10-6-4-5-7-11(10)15/h4-9,12,16H,3H2,1-2H3. The van der Waals surface area contributed by atoms with Gasteiger partial charge >= 0.3 is 0 Å². The number of rotatable bonds is 4. The van der Waals surface area contributed by atoms with E-state index in [-0.39, 0.29) is 0 Å². The third-order valence-electron chi connectivity index (χ3n) is 2.87. The van der Waals surface area contributed by atoms with Crippen LogP contribution in [0.3, 0.4) is 0 Å². The van der Waals surface area contributed by atoms with Crippen molar-refractivity contribution in [3.05, 3.63) is 44.8 Å². The van der Waals surface area contributed by atoms with Crippen LogP contribution >= 0.6 is 33.9 Å². The van der Waals surface area contributed by atoms with Gasteiger partial charge in [-0.05, 0) is 54.3 Å². The summed E-state index contributed by atoms with van der Waals surface area (Å²) < 4.78 is 1.32. The molecule has 0 amide bonds. The van der Waals surface area contributed by atoms with E-state index in [4.69, 9.17) is 0 Å². The van der Waals surface area contributed by atoms with Gasteiger partial charge in [-0.15, -0.1) is 11.3 Å². The number of hydrogen-bond acceptors (Lipinski definition) is 2. The Morgan fingerprint density at radius 3 is 2.65 bits per heavy atom. The van der Waals surface area contributed by atoms with Gasteiger partial charge in [0, 0.05) is 24.9 Å². The molecule has 0 fully saturated rings. The van der Waals surface area contributed by atoms with Crippen molar-refractivity contribution < 1.29 is 0 Å². The van der Waals surface area contributed by atoms with Crippen LogP contribution in [-0.4, -0.2) is 7.05 Å². The Labute approximate surface area is 120 Å². The van der Waals surface area contributed by atoms with Crippen LogP contribution in [0.1, 0.15) is 24.3 Å². The van der Waals surface area contributed by atoms with Crippen molar-refractivity contribution in [1.29, 1.82) is 0 Å². The van der Waals surface area contributed by atoms with E-state index < -0.39 is 0 Å². The molecule has 0 aliphatic carbocycles. The Kier molecular flexibility index (Phi) is 4.59. The molecule has 0 radical (unpaired) electrons. The first-order chi connectivity index (χ1) is 8.26. The van der Waals surface area contributed by atoms with Crippen LogP contribution in [-0.2, 0) is 0 Å². The molecule has 0 aliphatic heterocycles. The fourth-order valence-corrected chi connectivity index (χ4v) is 4.00. The summed E-state index contributed by atoms with van der Waals surface area (Å²) in [5.41, 5.74) is 1.34. The lowest BCUT2D eigenvalue weighted by molar-refractivity contribution is 0.586. The van der Waals surface area contributed by atoms with Gasteiger partial charge in [0.2, 0.25) is 0 Å². The topological polar surface area (TPSA) is 12.0 Å². The van der Waals surface area contributed by atoms with Crippen LogP contribution < -0.4 is 5.32 Å². The Bertz CT molecular complexity index is 488. The van der Waals surface area contributed by atoms with E-state index in [0.717, 1.165) is 6.42 Å². The number of hydrogen-bond donors (Lipinski definition) is 1. The highest BCUT2D eigenvalue weighted by atomic mass is 127. The van der Waals surface area contributed by atoms with Crippen molar-refractivity contribution in [2.45, 2.75) is 19.4 Å². The fourth-order valence-electron chi connectivity index (χ4n) is 1.89. The smallest absolute Gasteiger partial charge is 0.0409 e. The summed E-state index contributed by atoms with van der Waals surface area (Å²) in [7, 11) is 2.03. The van der Waals surface area contributed by atoms with Crippen LogP contribution in [0.4, 0.5) is 0 Å². The maximum absolute atomic E-state index is 3.36. The molecule has 2 rings (SSSR count). The third kappa shape index (κ3) is 2.89. The zero-order valence-electron chi connectivity index (χ0n) is 10.0. The van der Waals surface area contributed by atoms with E-state index in [1.54, 1.807) is 0 Å². The van der Waals surface area contributed by atoms with E-state index in [0.29, 0.717) is 6.04 Å². The summed E-state index contributed by atoms with van der Waals surface area (Å²) in [5.74, 6) is 0. The summed E-state index contributed by atoms with van der Waals surface area (Å²) >= 11 is 4.29. The van der Waals surface area contributed by atoms with Gasteiger partial charge in [0.15, 0.2) is 0 Å². The molecular formula is C14H16INS. The third-order valence-corrected chi connectivity index (χ3v) is 5.04. The Morgan fingerprint density at radius 2 is 2.00 bits per heavy atom. The van der Waals surface area contributed by atoms with Gasteiger partial charge in [0.25, 0.3) is 0 Å². The van der Waals surface area contributed by atoms with Crippen molar-refractivity contribution in [2.75, 3.05) is 7.05 Å². The van der Waals surface area contributed by atoms with E-state index in [2.05, 4.69) is 71.2 Å². The average Bonchev–Trinajstić information content (AvgIpc) is 2.81. The summed E-state index contributed by atoms with van der Waals surface area (Å²) in [5, 5.41) is 3.36. The molecule has 1 aromatic heterocycles. The molecule has 1 nitrogen and oxygen atoms in total. The lowest BCUT2D eigenvalue weighted by Gasteiger charge is -2.10. The number of benzene rings is 1. The zero-order chi connectivity index (χ0) is 12.3. The van der Waals surface area contributed by atoms with Crippen LogP contribution in [0, 0.1) is 3.57 Å². The number of halogens is 1. The summed E-state index contributed by atoms with van der Waals surface area (Å²) in [6.45, 7) is 2.22. The van der Waals surface area contributed by atoms with Gasteiger partial charge in [0.05, 0.1) is 0 Å². The molecule has 2 aromatic rings. The highest BCUT2D eigenvalue weighted by Crippen LogP contribution is 2.34. The SMILES string of the molecule is CCC(NC)c1ccc(-c2ccccc2I)s1. The van der Waals surface area contributed by atoms with Crippen LogP contribution in [0.15, 0.2) is 36.4 Å². The molecule has 0 saturated heterocycles. The molecule has 0 saturated carbocycles. The van der Waals surface area contributed by atoms with Crippen molar-refractivity contribution >= 4 is 33.9 Å². The van der Waals surface area contributed by atoms with Gasteiger partial charge < -0.3 is 5.32 Å². The van der Waals surface area contributed by atoms with Gasteiger partial charge in [-0.3, -0.25) is 0 Å². The monoisotopic (exact) mass is 357 g/mol. The molecule has 3 heteroatoms. The molecule has 1 aromatic carbocycles. The van der Waals surface area contributed by atoms with E-state index in [9.17, 15) is 0 Å². The molecule has 0 spiro atoms. The number of thiophene rings is 1. The zero-order valence-corrected chi connectivity index (χ0v) is 13.0. The first kappa shape index (κ1) is 13.1. The second-order valence-corrected chi connectivity index (χ2v) is 6.21. The first-order valence-corrected chi connectivity index (χ1v) is 7.67. The van der Waals surface area contributed by atoms with Crippen molar-refractivity contribution in [3.8, 4) is 10.4 Å². The van der Waals surface area contributed by atoms with Crippen molar-refractivity contribution in [1.82, 2.24) is 5.32 Å². The second-order valence-electron chi connectivity index (χ2n) is 3.93. The fraction of sp³-hybridized carbons (Fsp3) is 0.286. The molecule has 1 unspecified atom stereocenters. The summed E-state index contributed by atoms with van der Waals surface area (Å²) in [6.07, 6.45) is 1.13. The highest BCUT2D eigenvalue weighted by Gasteiger charge is 2.11. The lowest BCUT2D eigenvalue weighted by Crippen LogP contribution is -2.13. The lowest BCUT2D eigenvalue weighted by atomic mass is 10.1. The maximum atomic E-state index is 3.36. The van der Waals surface area contributed by atoms with Crippen molar-refractivity contribution in [2.24, 2.45) is 0 Å². The largest absolute Gasteiger partial charge is 0.312 e. The molecule has 1 N–H and O–H groups in total. The van der Waals surface area contributed by atoms with E-state index in [1.807, 2.05) is 18.4 Å². The first-order valence-electron chi connectivity index (χ1n) is 5.78. The highest BCUT2D eigenvalue weighted by molar-refractivity contribution is 14.1. The van der Waals surface area contributed by atoms with Crippen LogP contribution in [0.25, 0.3) is 10.4 Å². The van der Waals surface area contributed by atoms with Crippen LogP contribution in [0.2, 0.25) is 0 Å². The minimum atomic E-state index is 0.482. The molecule has 0 aliphatic rings. The summed E-state index contributed by atoms with van der Waals surface area (Å²) in [4.78, 5) is 2.78. The second kappa shape index (κ2) is 5.98. The molecule has 90 valence electrons. The van der Waals surface area contributed by atoms with E-state index >= 15 is 0 Å². The Balaban J connectivity index is 2.33. The Morgan fingerprint density at radius 1 is 1.24 bits per heavy atom. The van der Waals surface area contributed by atoms with Crippen molar-refractivity contribution in [3.63, 3.8) is 0 Å². The molecule has 17 heavy (non-hydrogen) atoms. The Hall–Kier alpha value is -0.390. The number of nitrogens with one attached hydrogen (secondary N) is 1. The van der Waals surface area contributed by atoms with Crippen LogP contribution in [0.5, 0.6) is 0 Å². The minimum Gasteiger partial charge on any atom is -0.312 e. The average molecular weight is 357 g/mol. The van der Waals surface area contributed by atoms with Gasteiger partial charge in [0.1, 0.15) is 0 Å². The molecule has 1 heterocycles. The van der Waals surface area contributed by atoms with Gasteiger partial charge in [-0.2, -0.15) is 0 Å². The molecule has 0 bridgehead atoms. The predicted molar refractivity (Wildman–Crippen MR) is 84.6 cm³/mol. The normalized spacial score (nSPS) is 12.6. The van der Waals surface area contributed by atoms with Gasteiger partial charge in [-0.25, -0.2) is 0 Å². The summed E-state index contributed by atoms with van der Waals surface area (Å²) in [6, 6.07) is 13.5. The van der Waals surface area contributed by atoms with Gasteiger partial charge in [-0.1, -0.05) is 25.1 Å². The maximum Gasteiger partial charge on any atom is 0.0409 e. The molecular weight excluding hydrogens is 341 g/mol. The predicted octanol–water partition coefficient (Wildman–Crippen LogP) is 4.69. The quantitative estimate of drug-likeness (QED) is 0.783.